The van der Waals surface area contributed by atoms with E-state index in [0.29, 0.717) is 6.54 Å². The van der Waals surface area contributed by atoms with E-state index in [2.05, 4.69) is 4.98 Å². The lowest BCUT2D eigenvalue weighted by atomic mass is 10.5. The Hall–Kier alpha value is -1.32. The van der Waals surface area contributed by atoms with Gasteiger partial charge in [0.2, 0.25) is 0 Å². The first kappa shape index (κ1) is 7.78. The van der Waals surface area contributed by atoms with Crippen LogP contribution in [0.5, 0.6) is 0 Å². The molecule has 0 aliphatic rings. The summed E-state index contributed by atoms with van der Waals surface area (Å²) >= 11 is 0. The van der Waals surface area contributed by atoms with Crippen LogP contribution in [0.25, 0.3) is 0 Å². The monoisotopic (exact) mass is 154 g/mol. The van der Waals surface area contributed by atoms with Crippen molar-refractivity contribution in [1.82, 2.24) is 9.55 Å². The Labute approximate surface area is 63.5 Å². The van der Waals surface area contributed by atoms with E-state index in [9.17, 15) is 9.59 Å². The van der Waals surface area contributed by atoms with Crippen molar-refractivity contribution in [2.45, 2.75) is 19.9 Å². The predicted octanol–water partition coefficient (Wildman–Crippen LogP) is -0.0534. The lowest BCUT2D eigenvalue weighted by Crippen LogP contribution is -2.35. The summed E-state index contributed by atoms with van der Waals surface area (Å²) < 4.78 is 1.40. The van der Waals surface area contributed by atoms with Crippen LogP contribution in [0.2, 0.25) is 0 Å². The molecule has 1 aromatic heterocycles. The summed E-state index contributed by atoms with van der Waals surface area (Å²) in [5.41, 5.74) is -1.03. The molecule has 0 radical (unpaired) electrons. The van der Waals surface area contributed by atoms with Crippen LogP contribution in [0.1, 0.15) is 13.3 Å². The van der Waals surface area contributed by atoms with E-state index >= 15 is 0 Å². The standard InChI is InChI=1S/C7H10N2O2/c1-2-4-9-5-3-8-6(10)7(9)11/h3,5H,2,4H2,1H3,(H,8,10). The quantitative estimate of drug-likeness (QED) is 0.607. The minimum atomic E-state index is -0.555. The molecule has 1 rings (SSSR count). The van der Waals surface area contributed by atoms with E-state index in [1.165, 1.54) is 10.8 Å². The third-order valence-electron chi connectivity index (χ3n) is 1.39. The first-order valence-corrected chi connectivity index (χ1v) is 3.54. The Bertz CT molecular complexity index is 337. The molecular formula is C7H10N2O2. The lowest BCUT2D eigenvalue weighted by molar-refractivity contribution is 0.642. The van der Waals surface area contributed by atoms with Crippen LogP contribution in [0.3, 0.4) is 0 Å². The summed E-state index contributed by atoms with van der Waals surface area (Å²) in [6.07, 6.45) is 3.90. The molecule has 0 saturated carbocycles. The van der Waals surface area contributed by atoms with Gasteiger partial charge in [-0.25, -0.2) is 0 Å². The maximum absolute atomic E-state index is 11.0. The van der Waals surface area contributed by atoms with Crippen molar-refractivity contribution in [3.8, 4) is 0 Å². The molecule has 0 atom stereocenters. The van der Waals surface area contributed by atoms with Crippen LogP contribution >= 0.6 is 0 Å². The van der Waals surface area contributed by atoms with Crippen molar-refractivity contribution < 1.29 is 0 Å². The summed E-state index contributed by atoms with van der Waals surface area (Å²) in [7, 11) is 0. The molecule has 4 heteroatoms. The van der Waals surface area contributed by atoms with Crippen LogP contribution in [0.15, 0.2) is 22.0 Å². The van der Waals surface area contributed by atoms with Gasteiger partial charge in [-0.2, -0.15) is 0 Å². The van der Waals surface area contributed by atoms with Crippen molar-refractivity contribution in [3.63, 3.8) is 0 Å². The first-order valence-electron chi connectivity index (χ1n) is 3.54. The summed E-state index contributed by atoms with van der Waals surface area (Å²) in [6.45, 7) is 2.55. The normalized spacial score (nSPS) is 9.91. The highest BCUT2D eigenvalue weighted by Gasteiger charge is 1.95. The topological polar surface area (TPSA) is 54.9 Å². The third-order valence-corrected chi connectivity index (χ3v) is 1.39. The first-order chi connectivity index (χ1) is 5.25. The number of aromatic amines is 1. The van der Waals surface area contributed by atoms with E-state index in [1.54, 1.807) is 6.20 Å². The highest BCUT2D eigenvalue weighted by Crippen LogP contribution is 1.80. The molecule has 0 saturated heterocycles. The Morgan fingerprint density at radius 2 is 2.27 bits per heavy atom. The molecule has 1 N–H and O–H groups in total. The SMILES string of the molecule is CCCn1cc[nH]c(=O)c1=O. The summed E-state index contributed by atoms with van der Waals surface area (Å²) in [5, 5.41) is 0. The third kappa shape index (κ3) is 1.58. The van der Waals surface area contributed by atoms with E-state index in [0.717, 1.165) is 6.42 Å². The highest BCUT2D eigenvalue weighted by molar-refractivity contribution is 4.81. The zero-order valence-electron chi connectivity index (χ0n) is 6.33. The molecule has 0 aromatic carbocycles. The van der Waals surface area contributed by atoms with Crippen LogP contribution in [0, 0.1) is 0 Å². The molecule has 4 nitrogen and oxygen atoms in total. The minimum absolute atomic E-state index is 0.477. The number of nitrogens with one attached hydrogen (secondary N) is 1. The number of aromatic nitrogens is 2. The Balaban J connectivity index is 3.18. The summed E-state index contributed by atoms with van der Waals surface area (Å²) in [6, 6.07) is 0. The fourth-order valence-corrected chi connectivity index (χ4v) is 0.880. The molecule has 1 heterocycles. The van der Waals surface area contributed by atoms with E-state index in [4.69, 9.17) is 0 Å². The van der Waals surface area contributed by atoms with Gasteiger partial charge in [-0.05, 0) is 6.42 Å². The minimum Gasteiger partial charge on any atom is -0.323 e. The molecular weight excluding hydrogens is 144 g/mol. The van der Waals surface area contributed by atoms with Crippen molar-refractivity contribution in [3.05, 3.63) is 33.1 Å². The second kappa shape index (κ2) is 3.18. The number of aryl methyl sites for hydroxylation is 1. The molecule has 0 aliphatic carbocycles. The molecule has 0 fully saturated rings. The second-order valence-corrected chi connectivity index (χ2v) is 2.29. The molecule has 11 heavy (non-hydrogen) atoms. The lowest BCUT2D eigenvalue weighted by Gasteiger charge is -1.99. The number of H-pyrrole nitrogens is 1. The number of hydrogen-bond acceptors (Lipinski definition) is 2. The average Bonchev–Trinajstić information content (AvgIpc) is 1.99. The molecule has 0 spiro atoms. The largest absolute Gasteiger partial charge is 0.323 e. The van der Waals surface area contributed by atoms with Gasteiger partial charge in [0.1, 0.15) is 0 Å². The maximum Gasteiger partial charge on any atom is 0.316 e. The van der Waals surface area contributed by atoms with Crippen molar-refractivity contribution >= 4 is 0 Å². The number of nitrogens with zero attached hydrogens (tertiary/aromatic N) is 1. The van der Waals surface area contributed by atoms with Gasteiger partial charge in [0.15, 0.2) is 0 Å². The smallest absolute Gasteiger partial charge is 0.316 e. The van der Waals surface area contributed by atoms with Gasteiger partial charge in [0.25, 0.3) is 0 Å². The van der Waals surface area contributed by atoms with Crippen LogP contribution < -0.4 is 11.1 Å². The van der Waals surface area contributed by atoms with E-state index < -0.39 is 11.1 Å². The zero-order valence-corrected chi connectivity index (χ0v) is 6.33. The molecule has 1 aromatic rings. The Morgan fingerprint density at radius 3 is 2.91 bits per heavy atom. The predicted molar refractivity (Wildman–Crippen MR) is 41.6 cm³/mol. The Kier molecular flexibility index (Phi) is 2.25. The summed E-state index contributed by atoms with van der Waals surface area (Å²) in [5.74, 6) is 0. The second-order valence-electron chi connectivity index (χ2n) is 2.29. The van der Waals surface area contributed by atoms with Crippen molar-refractivity contribution in [2.24, 2.45) is 0 Å². The molecule has 0 aliphatic heterocycles. The number of rotatable bonds is 2. The van der Waals surface area contributed by atoms with Crippen molar-refractivity contribution in [2.75, 3.05) is 0 Å². The molecule has 60 valence electrons. The fourth-order valence-electron chi connectivity index (χ4n) is 0.880. The maximum atomic E-state index is 11.0. The zero-order chi connectivity index (χ0) is 8.27. The summed E-state index contributed by atoms with van der Waals surface area (Å²) in [4.78, 5) is 24.0. The van der Waals surface area contributed by atoms with Crippen molar-refractivity contribution in [1.29, 1.82) is 0 Å². The highest BCUT2D eigenvalue weighted by atomic mass is 16.2. The van der Waals surface area contributed by atoms with Crippen LogP contribution in [-0.2, 0) is 6.54 Å². The van der Waals surface area contributed by atoms with Gasteiger partial charge in [0, 0.05) is 18.9 Å². The van der Waals surface area contributed by atoms with Gasteiger partial charge >= 0.3 is 11.1 Å². The van der Waals surface area contributed by atoms with Gasteiger partial charge in [-0.3, -0.25) is 9.59 Å². The molecule has 0 amide bonds. The number of hydrogen-bond donors (Lipinski definition) is 1. The molecule has 0 bridgehead atoms. The van der Waals surface area contributed by atoms with Gasteiger partial charge in [-0.15, -0.1) is 0 Å². The van der Waals surface area contributed by atoms with Gasteiger partial charge in [-0.1, -0.05) is 6.92 Å². The van der Waals surface area contributed by atoms with Crippen LogP contribution in [-0.4, -0.2) is 9.55 Å². The Morgan fingerprint density at radius 1 is 1.55 bits per heavy atom. The average molecular weight is 154 g/mol. The van der Waals surface area contributed by atoms with E-state index in [-0.39, 0.29) is 0 Å². The van der Waals surface area contributed by atoms with E-state index in [1.807, 2.05) is 6.92 Å². The van der Waals surface area contributed by atoms with Gasteiger partial charge in [0.05, 0.1) is 0 Å². The fraction of sp³-hybridized carbons (Fsp3) is 0.429. The molecule has 0 unspecified atom stereocenters. The van der Waals surface area contributed by atoms with Gasteiger partial charge < -0.3 is 9.55 Å². The van der Waals surface area contributed by atoms with Crippen LogP contribution in [0.4, 0.5) is 0 Å².